The highest BCUT2D eigenvalue weighted by molar-refractivity contribution is 5.81. The first-order valence-electron chi connectivity index (χ1n) is 10.1. The van der Waals surface area contributed by atoms with Crippen LogP contribution in [-0.4, -0.2) is 49.6 Å². The molecule has 3 rings (SSSR count). The van der Waals surface area contributed by atoms with Crippen molar-refractivity contribution < 1.29 is 9.53 Å². The first-order chi connectivity index (χ1) is 13.6. The first kappa shape index (κ1) is 20.2. The molecule has 2 aromatic carbocycles. The number of ether oxygens (including phenoxy) is 1. The van der Waals surface area contributed by atoms with Crippen molar-refractivity contribution in [1.82, 2.24) is 10.2 Å². The molecule has 1 amide bonds. The molecule has 1 aliphatic rings. The van der Waals surface area contributed by atoms with Gasteiger partial charge in [-0.3, -0.25) is 9.69 Å². The summed E-state index contributed by atoms with van der Waals surface area (Å²) in [5.41, 5.74) is 3.50. The average molecular weight is 382 g/mol. The molecule has 1 atom stereocenters. The number of amides is 1. The lowest BCUT2D eigenvalue weighted by atomic mass is 10.1. The zero-order valence-electron chi connectivity index (χ0n) is 17.1. The van der Waals surface area contributed by atoms with Crippen LogP contribution in [-0.2, 0) is 11.3 Å². The Labute approximate surface area is 168 Å². The molecule has 0 aromatic heterocycles. The molecule has 1 aliphatic heterocycles. The first-order valence-corrected chi connectivity index (χ1v) is 10.1. The van der Waals surface area contributed by atoms with Gasteiger partial charge >= 0.3 is 0 Å². The highest BCUT2D eigenvalue weighted by Crippen LogP contribution is 2.29. The van der Waals surface area contributed by atoms with Crippen molar-refractivity contribution in [3.63, 3.8) is 0 Å². The molecule has 1 heterocycles. The summed E-state index contributed by atoms with van der Waals surface area (Å²) in [6.45, 7) is 10.8. The molecule has 0 spiro atoms. The minimum Gasteiger partial charge on any atom is -0.492 e. The molecule has 2 aromatic rings. The van der Waals surface area contributed by atoms with E-state index in [1.54, 1.807) is 0 Å². The Balaban J connectivity index is 1.51. The van der Waals surface area contributed by atoms with Crippen LogP contribution in [0.4, 0.5) is 5.69 Å². The summed E-state index contributed by atoms with van der Waals surface area (Å²) in [6.07, 6.45) is 0. The second-order valence-electron chi connectivity index (χ2n) is 7.30. The Bertz CT molecular complexity index is 768. The molecule has 0 bridgehead atoms. The highest BCUT2D eigenvalue weighted by Gasteiger charge is 2.26. The van der Waals surface area contributed by atoms with Gasteiger partial charge in [0.1, 0.15) is 5.75 Å². The number of aryl methyl sites for hydroxylation is 1. The van der Waals surface area contributed by atoms with Gasteiger partial charge in [-0.05, 0) is 38.5 Å². The van der Waals surface area contributed by atoms with Crippen molar-refractivity contribution in [2.45, 2.75) is 33.4 Å². The van der Waals surface area contributed by atoms with Gasteiger partial charge in [0.05, 0.1) is 18.3 Å². The molecule has 0 radical (unpaired) electrons. The summed E-state index contributed by atoms with van der Waals surface area (Å²) < 4.78 is 5.76. The van der Waals surface area contributed by atoms with Crippen molar-refractivity contribution >= 4 is 11.6 Å². The maximum atomic E-state index is 12.6. The van der Waals surface area contributed by atoms with Gasteiger partial charge in [-0.25, -0.2) is 0 Å². The van der Waals surface area contributed by atoms with E-state index in [1.807, 2.05) is 32.0 Å². The summed E-state index contributed by atoms with van der Waals surface area (Å²) in [4.78, 5) is 17.2. The molecule has 1 saturated heterocycles. The van der Waals surface area contributed by atoms with Crippen LogP contribution in [0.5, 0.6) is 5.75 Å². The molecular formula is C23H31N3O2. The van der Waals surface area contributed by atoms with Crippen LogP contribution < -0.4 is 15.0 Å². The van der Waals surface area contributed by atoms with E-state index in [-0.39, 0.29) is 11.9 Å². The third-order valence-corrected chi connectivity index (χ3v) is 5.33. The average Bonchev–Trinajstić information content (AvgIpc) is 2.73. The van der Waals surface area contributed by atoms with Crippen LogP contribution in [0, 0.1) is 6.92 Å². The minimum absolute atomic E-state index is 0.0868. The van der Waals surface area contributed by atoms with Gasteiger partial charge in [-0.15, -0.1) is 0 Å². The lowest BCUT2D eigenvalue weighted by molar-refractivity contribution is -0.126. The molecule has 0 unspecified atom stereocenters. The Morgan fingerprint density at radius 1 is 1.07 bits per heavy atom. The zero-order valence-corrected chi connectivity index (χ0v) is 17.1. The monoisotopic (exact) mass is 381 g/mol. The molecule has 0 aliphatic carbocycles. The molecule has 0 saturated carbocycles. The number of carbonyl (C=O) groups excluding carboxylic acids is 1. The number of anilines is 1. The maximum Gasteiger partial charge on any atom is 0.237 e. The van der Waals surface area contributed by atoms with E-state index in [2.05, 4.69) is 52.4 Å². The quantitative estimate of drug-likeness (QED) is 0.800. The number of nitrogens with one attached hydrogen (secondary N) is 1. The third-order valence-electron chi connectivity index (χ3n) is 5.33. The van der Waals surface area contributed by atoms with E-state index < -0.39 is 0 Å². The lowest BCUT2D eigenvalue weighted by Gasteiger charge is -2.39. The van der Waals surface area contributed by atoms with Crippen molar-refractivity contribution in [1.29, 1.82) is 0 Å². The van der Waals surface area contributed by atoms with E-state index in [9.17, 15) is 4.79 Å². The summed E-state index contributed by atoms with van der Waals surface area (Å²) >= 11 is 0. The number of benzene rings is 2. The zero-order chi connectivity index (χ0) is 19.9. The second kappa shape index (κ2) is 9.60. The molecule has 1 N–H and O–H groups in total. The number of piperazine rings is 1. The van der Waals surface area contributed by atoms with Crippen LogP contribution in [0.15, 0.2) is 48.5 Å². The molecule has 28 heavy (non-hydrogen) atoms. The van der Waals surface area contributed by atoms with Gasteiger partial charge in [0.15, 0.2) is 0 Å². The standard InChI is InChI=1S/C23H31N3O2/c1-4-28-22-8-6-5-7-21(22)26-15-13-25(14-16-26)19(3)23(27)24-17-20-11-9-18(2)10-12-20/h5-12,19H,4,13-17H2,1-3H3,(H,24,27)/t19-/m1/s1. The molecular weight excluding hydrogens is 350 g/mol. The molecule has 1 fully saturated rings. The number of hydrogen-bond donors (Lipinski definition) is 1. The summed E-state index contributed by atoms with van der Waals surface area (Å²) in [5.74, 6) is 1.02. The van der Waals surface area contributed by atoms with Gasteiger partial charge < -0.3 is 15.0 Å². The Morgan fingerprint density at radius 2 is 1.75 bits per heavy atom. The van der Waals surface area contributed by atoms with Crippen LogP contribution >= 0.6 is 0 Å². The number of nitrogens with zero attached hydrogens (tertiary/aromatic N) is 2. The van der Waals surface area contributed by atoms with Gasteiger partial charge in [-0.2, -0.15) is 0 Å². The van der Waals surface area contributed by atoms with Crippen LogP contribution in [0.2, 0.25) is 0 Å². The van der Waals surface area contributed by atoms with Crippen molar-refractivity contribution in [3.8, 4) is 5.75 Å². The predicted octanol–water partition coefficient (Wildman–Crippen LogP) is 3.22. The summed E-state index contributed by atoms with van der Waals surface area (Å²) in [6, 6.07) is 16.3. The van der Waals surface area contributed by atoms with E-state index in [4.69, 9.17) is 4.74 Å². The van der Waals surface area contributed by atoms with Crippen molar-refractivity contribution in [3.05, 3.63) is 59.7 Å². The van der Waals surface area contributed by atoms with Crippen LogP contribution in [0.25, 0.3) is 0 Å². The van der Waals surface area contributed by atoms with E-state index in [0.717, 1.165) is 43.2 Å². The van der Waals surface area contributed by atoms with E-state index >= 15 is 0 Å². The van der Waals surface area contributed by atoms with Gasteiger partial charge in [0, 0.05) is 32.7 Å². The normalized spacial score (nSPS) is 15.9. The molecule has 5 heteroatoms. The smallest absolute Gasteiger partial charge is 0.237 e. The fourth-order valence-corrected chi connectivity index (χ4v) is 3.55. The summed E-state index contributed by atoms with van der Waals surface area (Å²) in [7, 11) is 0. The van der Waals surface area contributed by atoms with Crippen LogP contribution in [0.3, 0.4) is 0 Å². The number of carbonyl (C=O) groups is 1. The Morgan fingerprint density at radius 3 is 2.43 bits per heavy atom. The number of rotatable bonds is 7. The van der Waals surface area contributed by atoms with Crippen molar-refractivity contribution in [2.24, 2.45) is 0 Å². The second-order valence-corrected chi connectivity index (χ2v) is 7.30. The lowest BCUT2D eigenvalue weighted by Crippen LogP contribution is -2.53. The van der Waals surface area contributed by atoms with E-state index in [0.29, 0.717) is 13.2 Å². The Kier molecular flexibility index (Phi) is 6.93. The predicted molar refractivity (Wildman–Crippen MR) is 114 cm³/mol. The van der Waals surface area contributed by atoms with Crippen LogP contribution in [0.1, 0.15) is 25.0 Å². The number of para-hydroxylation sites is 2. The SMILES string of the molecule is CCOc1ccccc1N1CCN([C@H](C)C(=O)NCc2ccc(C)cc2)CC1. The number of hydrogen-bond acceptors (Lipinski definition) is 4. The third kappa shape index (κ3) is 5.04. The van der Waals surface area contributed by atoms with Gasteiger partial charge in [0.2, 0.25) is 5.91 Å². The van der Waals surface area contributed by atoms with E-state index in [1.165, 1.54) is 5.56 Å². The maximum absolute atomic E-state index is 12.6. The topological polar surface area (TPSA) is 44.8 Å². The van der Waals surface area contributed by atoms with Crippen molar-refractivity contribution in [2.75, 3.05) is 37.7 Å². The highest BCUT2D eigenvalue weighted by atomic mass is 16.5. The van der Waals surface area contributed by atoms with Gasteiger partial charge in [-0.1, -0.05) is 42.0 Å². The largest absolute Gasteiger partial charge is 0.492 e. The fraction of sp³-hybridized carbons (Fsp3) is 0.435. The fourth-order valence-electron chi connectivity index (χ4n) is 3.55. The molecule has 150 valence electrons. The Hall–Kier alpha value is -2.53. The summed E-state index contributed by atoms with van der Waals surface area (Å²) in [5, 5.41) is 3.07. The van der Waals surface area contributed by atoms with Gasteiger partial charge in [0.25, 0.3) is 0 Å². The minimum atomic E-state index is -0.130. The molecule has 5 nitrogen and oxygen atoms in total.